The molecule has 7 nitrogen and oxygen atoms in total. The second kappa shape index (κ2) is 12.3. The summed E-state index contributed by atoms with van der Waals surface area (Å²) in [4.78, 5) is 30.4. The van der Waals surface area contributed by atoms with Crippen molar-refractivity contribution < 1.29 is 22.8 Å². The highest BCUT2D eigenvalue weighted by Crippen LogP contribution is 2.31. The standard InChI is InChI=1S/C25H26ClN5O.C2HF3O/c26-21-15-27-25-29-19-8-4-5-16(13-19)9-10-18-14-20(28-23(21)31-25)11-12-22(18)30-24(32)17-6-2-1-3-7-17;3-2(4,5)1-6/h4-5,8,11-15,17H,1-3,6-7,9-10H2,(H,30,32)(H2,27,28,29,31);1H. The SMILES string of the molecule is O=C(Nc1ccc2cc1CCc1cccc(c1)Nc1ncc(Cl)c(n1)N2)C1CCCCC1.O=CC(F)(F)F. The molecule has 2 aliphatic rings. The summed E-state index contributed by atoms with van der Waals surface area (Å²) in [7, 11) is 0. The quantitative estimate of drug-likeness (QED) is 0.301. The molecule has 1 aliphatic heterocycles. The zero-order valence-electron chi connectivity index (χ0n) is 20.4. The Labute approximate surface area is 223 Å². The predicted molar refractivity (Wildman–Crippen MR) is 141 cm³/mol. The van der Waals surface area contributed by atoms with Crippen molar-refractivity contribution in [1.82, 2.24) is 9.97 Å². The Bertz CT molecular complexity index is 1300. The summed E-state index contributed by atoms with van der Waals surface area (Å²) in [5.74, 6) is 1.26. The number of amides is 1. The first-order valence-electron chi connectivity index (χ1n) is 12.3. The van der Waals surface area contributed by atoms with Crippen molar-refractivity contribution in [2.75, 3.05) is 16.0 Å². The summed E-state index contributed by atoms with van der Waals surface area (Å²) in [5, 5.41) is 10.2. The van der Waals surface area contributed by atoms with Crippen molar-refractivity contribution in [3.05, 3.63) is 64.8 Å². The van der Waals surface area contributed by atoms with Crippen molar-refractivity contribution in [2.45, 2.75) is 51.1 Å². The number of hydrogen-bond acceptors (Lipinski definition) is 6. The normalized spacial score (nSPS) is 15.2. The van der Waals surface area contributed by atoms with Crippen LogP contribution in [0.3, 0.4) is 0 Å². The first-order valence-corrected chi connectivity index (χ1v) is 12.7. The van der Waals surface area contributed by atoms with Crippen LogP contribution >= 0.6 is 11.6 Å². The van der Waals surface area contributed by atoms with Crippen LogP contribution in [-0.2, 0) is 22.4 Å². The predicted octanol–water partition coefficient (Wildman–Crippen LogP) is 6.98. The second-order valence-corrected chi connectivity index (χ2v) is 9.60. The number of carbonyl (C=O) groups excluding carboxylic acids is 2. The summed E-state index contributed by atoms with van der Waals surface area (Å²) in [6.45, 7) is 0. The van der Waals surface area contributed by atoms with Crippen molar-refractivity contribution in [1.29, 1.82) is 0 Å². The molecule has 1 aromatic heterocycles. The van der Waals surface area contributed by atoms with Gasteiger partial charge in [-0.2, -0.15) is 18.2 Å². The third-order valence-electron chi connectivity index (χ3n) is 6.35. The van der Waals surface area contributed by atoms with Crippen molar-refractivity contribution >= 4 is 52.6 Å². The minimum atomic E-state index is -4.64. The molecule has 5 rings (SSSR count). The van der Waals surface area contributed by atoms with Gasteiger partial charge in [-0.3, -0.25) is 9.59 Å². The minimum absolute atomic E-state index is 0.115. The summed E-state index contributed by atoms with van der Waals surface area (Å²) in [6, 6.07) is 14.2. The smallest absolute Gasteiger partial charge is 0.339 e. The van der Waals surface area contributed by atoms with Crippen LogP contribution in [0.5, 0.6) is 0 Å². The Morgan fingerprint density at radius 3 is 2.50 bits per heavy atom. The molecular formula is C27H27ClF3N5O2. The van der Waals surface area contributed by atoms with E-state index in [9.17, 15) is 18.0 Å². The van der Waals surface area contributed by atoms with Gasteiger partial charge < -0.3 is 16.0 Å². The highest BCUT2D eigenvalue weighted by molar-refractivity contribution is 6.32. The first-order chi connectivity index (χ1) is 18.2. The van der Waals surface area contributed by atoms with Gasteiger partial charge in [0, 0.05) is 23.0 Å². The van der Waals surface area contributed by atoms with Gasteiger partial charge in [0.25, 0.3) is 0 Å². The number of alkyl halides is 3. The van der Waals surface area contributed by atoms with Crippen LogP contribution in [0.2, 0.25) is 5.02 Å². The van der Waals surface area contributed by atoms with Crippen molar-refractivity contribution in [3.8, 4) is 0 Å². The molecule has 3 N–H and O–H groups in total. The number of anilines is 5. The molecule has 0 atom stereocenters. The molecule has 38 heavy (non-hydrogen) atoms. The maximum atomic E-state index is 12.9. The maximum absolute atomic E-state index is 12.9. The van der Waals surface area contributed by atoms with E-state index >= 15 is 0 Å². The van der Waals surface area contributed by atoms with Gasteiger partial charge in [0.05, 0.1) is 6.20 Å². The number of aromatic nitrogens is 2. The number of rotatable bonds is 2. The fourth-order valence-corrected chi connectivity index (χ4v) is 4.60. The summed E-state index contributed by atoms with van der Waals surface area (Å²) >= 11 is 6.35. The van der Waals surface area contributed by atoms with Gasteiger partial charge in [-0.15, -0.1) is 0 Å². The van der Waals surface area contributed by atoms with Gasteiger partial charge >= 0.3 is 6.18 Å². The van der Waals surface area contributed by atoms with Gasteiger partial charge in [-0.25, -0.2) is 4.98 Å². The largest absolute Gasteiger partial charge is 0.446 e. The number of halogens is 4. The Balaban J connectivity index is 0.000000505. The minimum Gasteiger partial charge on any atom is -0.339 e. The van der Waals surface area contributed by atoms with E-state index in [1.807, 2.05) is 24.3 Å². The molecule has 1 fully saturated rings. The fraction of sp³-hybridized carbons (Fsp3) is 0.333. The number of aldehydes is 1. The molecule has 200 valence electrons. The van der Waals surface area contributed by atoms with Gasteiger partial charge in [-0.1, -0.05) is 43.0 Å². The fourth-order valence-electron chi connectivity index (χ4n) is 4.46. The third kappa shape index (κ3) is 7.67. The molecular weight excluding hydrogens is 519 g/mol. The summed E-state index contributed by atoms with van der Waals surface area (Å²) < 4.78 is 31.2. The zero-order valence-corrected chi connectivity index (χ0v) is 21.2. The lowest BCUT2D eigenvalue weighted by Gasteiger charge is -2.22. The van der Waals surface area contributed by atoms with Crippen molar-refractivity contribution in [3.63, 3.8) is 0 Å². The number of hydrogen-bond donors (Lipinski definition) is 3. The van der Waals surface area contributed by atoms with Crippen LogP contribution in [0.25, 0.3) is 0 Å². The van der Waals surface area contributed by atoms with Gasteiger partial charge in [0.2, 0.25) is 18.1 Å². The molecule has 1 amide bonds. The molecule has 2 heterocycles. The third-order valence-corrected chi connectivity index (χ3v) is 6.62. The van der Waals surface area contributed by atoms with E-state index in [1.165, 1.54) is 12.0 Å². The molecule has 11 heteroatoms. The van der Waals surface area contributed by atoms with E-state index in [-0.39, 0.29) is 11.8 Å². The lowest BCUT2D eigenvalue weighted by atomic mass is 9.88. The maximum Gasteiger partial charge on any atom is 0.446 e. The van der Waals surface area contributed by atoms with Gasteiger partial charge in [-0.05, 0) is 67.1 Å². The Morgan fingerprint density at radius 2 is 1.76 bits per heavy atom. The Morgan fingerprint density at radius 1 is 1.03 bits per heavy atom. The average molecular weight is 546 g/mol. The monoisotopic (exact) mass is 545 g/mol. The average Bonchev–Trinajstić information content (AvgIpc) is 2.91. The lowest BCUT2D eigenvalue weighted by Crippen LogP contribution is -2.25. The number of benzene rings is 2. The van der Waals surface area contributed by atoms with E-state index < -0.39 is 12.5 Å². The van der Waals surface area contributed by atoms with Crippen LogP contribution in [0.4, 0.5) is 42.0 Å². The molecule has 0 radical (unpaired) electrons. The zero-order chi connectivity index (χ0) is 27.1. The molecule has 0 unspecified atom stereocenters. The Kier molecular flexibility index (Phi) is 8.83. The van der Waals surface area contributed by atoms with Gasteiger partial charge in [0.1, 0.15) is 5.02 Å². The number of aryl methyl sites for hydroxylation is 2. The topological polar surface area (TPSA) is 96.0 Å². The first kappa shape index (κ1) is 27.4. The summed E-state index contributed by atoms with van der Waals surface area (Å²) in [6.07, 6.45) is 3.01. The number of nitrogens with one attached hydrogen (secondary N) is 3. The molecule has 1 aliphatic carbocycles. The van der Waals surface area contributed by atoms with Crippen LogP contribution in [0, 0.1) is 5.92 Å². The van der Waals surface area contributed by atoms with E-state index in [2.05, 4.69) is 44.1 Å². The lowest BCUT2D eigenvalue weighted by molar-refractivity contribution is -0.156. The highest BCUT2D eigenvalue weighted by Gasteiger charge is 2.25. The Hall–Kier alpha value is -3.66. The number of carbonyl (C=O) groups is 2. The molecule has 2 aromatic carbocycles. The summed E-state index contributed by atoms with van der Waals surface area (Å²) in [5.41, 5.74) is 4.96. The molecule has 6 bridgehead atoms. The highest BCUT2D eigenvalue weighted by atomic mass is 35.5. The molecule has 3 aromatic rings. The van der Waals surface area contributed by atoms with E-state index in [4.69, 9.17) is 16.4 Å². The van der Waals surface area contributed by atoms with Crippen molar-refractivity contribution in [2.24, 2.45) is 5.92 Å². The van der Waals surface area contributed by atoms with Gasteiger partial charge in [0.15, 0.2) is 5.82 Å². The number of nitrogens with zero attached hydrogens (tertiary/aromatic N) is 2. The van der Waals surface area contributed by atoms with Crippen LogP contribution < -0.4 is 16.0 Å². The van der Waals surface area contributed by atoms with Crippen LogP contribution in [0.15, 0.2) is 48.7 Å². The second-order valence-electron chi connectivity index (χ2n) is 9.20. The van der Waals surface area contributed by atoms with Crippen LogP contribution in [-0.4, -0.2) is 28.3 Å². The molecule has 1 saturated carbocycles. The van der Waals surface area contributed by atoms with Crippen LogP contribution in [0.1, 0.15) is 43.2 Å². The van der Waals surface area contributed by atoms with E-state index in [1.54, 1.807) is 6.20 Å². The molecule has 0 spiro atoms. The van der Waals surface area contributed by atoms with E-state index in [0.29, 0.717) is 16.8 Å². The molecule has 0 saturated heterocycles. The number of fused-ring (bicyclic) bond motifs is 6. The van der Waals surface area contributed by atoms with E-state index in [0.717, 1.165) is 61.2 Å².